The number of methoxy groups -OCH3 is 2. The lowest BCUT2D eigenvalue weighted by atomic mass is 9.97. The molecule has 0 bridgehead atoms. The fraction of sp³-hybridized carbons (Fsp3) is 0.278. The standard InChI is InChI=1S/C18H20N2O4/c1-23-16-7-14(10-21)17(22)15(18(16)24-2)6-11-3-12(8-19)5-13(4-11)9-20/h3-5,7,21-22H,6,8,10,19H2,1-2H3. The Hall–Kier alpha value is -2.75. The lowest BCUT2D eigenvalue weighted by Gasteiger charge is -2.17. The molecule has 0 amide bonds. The zero-order chi connectivity index (χ0) is 17.7. The molecule has 0 aromatic heterocycles. The van der Waals surface area contributed by atoms with E-state index >= 15 is 0 Å². The number of phenols is 1. The normalized spacial score (nSPS) is 10.3. The summed E-state index contributed by atoms with van der Waals surface area (Å²) in [6, 6.07) is 8.97. The SMILES string of the molecule is COc1cc(CO)c(O)c(Cc2cc(C#N)cc(CN)c2)c1OC. The summed E-state index contributed by atoms with van der Waals surface area (Å²) in [7, 11) is 2.97. The van der Waals surface area contributed by atoms with Crippen molar-refractivity contribution in [2.45, 2.75) is 19.6 Å². The van der Waals surface area contributed by atoms with Gasteiger partial charge in [-0.15, -0.1) is 0 Å². The summed E-state index contributed by atoms with van der Waals surface area (Å²) in [5.41, 5.74) is 8.64. The number of aliphatic hydroxyl groups is 1. The number of nitrogens with two attached hydrogens (primary N) is 1. The van der Waals surface area contributed by atoms with Crippen LogP contribution in [-0.4, -0.2) is 24.4 Å². The van der Waals surface area contributed by atoms with Crippen molar-refractivity contribution in [3.8, 4) is 23.3 Å². The smallest absolute Gasteiger partial charge is 0.167 e. The topological polar surface area (TPSA) is 109 Å². The molecule has 6 heteroatoms. The lowest BCUT2D eigenvalue weighted by molar-refractivity contribution is 0.272. The Morgan fingerprint density at radius 2 is 1.83 bits per heavy atom. The molecule has 4 N–H and O–H groups in total. The maximum atomic E-state index is 10.4. The highest BCUT2D eigenvalue weighted by atomic mass is 16.5. The molecule has 0 unspecified atom stereocenters. The number of nitriles is 1. The third-order valence-electron chi connectivity index (χ3n) is 3.79. The quantitative estimate of drug-likeness (QED) is 0.746. The van der Waals surface area contributed by atoms with E-state index in [0.29, 0.717) is 41.2 Å². The zero-order valence-electron chi connectivity index (χ0n) is 13.7. The molecule has 0 aliphatic heterocycles. The molecule has 0 radical (unpaired) electrons. The van der Waals surface area contributed by atoms with Gasteiger partial charge in [0.15, 0.2) is 11.5 Å². The summed E-state index contributed by atoms with van der Waals surface area (Å²) in [6.45, 7) is -0.0168. The van der Waals surface area contributed by atoms with E-state index in [4.69, 9.17) is 20.5 Å². The fourth-order valence-electron chi connectivity index (χ4n) is 2.65. The van der Waals surface area contributed by atoms with Gasteiger partial charge in [0.2, 0.25) is 0 Å². The number of hydrogen-bond donors (Lipinski definition) is 3. The molecule has 6 nitrogen and oxygen atoms in total. The highest BCUT2D eigenvalue weighted by Gasteiger charge is 2.19. The molecule has 126 valence electrons. The van der Waals surface area contributed by atoms with Gasteiger partial charge in [-0.2, -0.15) is 5.26 Å². The van der Waals surface area contributed by atoms with E-state index in [1.54, 1.807) is 12.1 Å². The number of benzene rings is 2. The summed E-state index contributed by atoms with van der Waals surface area (Å²) >= 11 is 0. The molecular weight excluding hydrogens is 308 g/mol. The van der Waals surface area contributed by atoms with Gasteiger partial charge in [-0.05, 0) is 29.3 Å². The summed E-state index contributed by atoms with van der Waals surface area (Å²) in [4.78, 5) is 0. The predicted octanol–water partition coefficient (Wildman–Crippen LogP) is 1.82. The van der Waals surface area contributed by atoms with Gasteiger partial charge < -0.3 is 25.4 Å². The van der Waals surface area contributed by atoms with E-state index in [1.165, 1.54) is 20.3 Å². The van der Waals surface area contributed by atoms with Gasteiger partial charge in [0, 0.05) is 24.1 Å². The Morgan fingerprint density at radius 1 is 1.12 bits per heavy atom. The molecular formula is C18H20N2O4. The Balaban J connectivity index is 2.58. The van der Waals surface area contributed by atoms with Crippen LogP contribution in [0.4, 0.5) is 0 Å². The first-order valence-electron chi connectivity index (χ1n) is 7.37. The van der Waals surface area contributed by atoms with Gasteiger partial charge >= 0.3 is 0 Å². The lowest BCUT2D eigenvalue weighted by Crippen LogP contribution is -2.03. The van der Waals surface area contributed by atoms with Crippen molar-refractivity contribution in [3.05, 3.63) is 52.1 Å². The largest absolute Gasteiger partial charge is 0.507 e. The van der Waals surface area contributed by atoms with E-state index in [-0.39, 0.29) is 12.4 Å². The van der Waals surface area contributed by atoms with Crippen molar-refractivity contribution in [2.24, 2.45) is 5.73 Å². The van der Waals surface area contributed by atoms with Gasteiger partial charge in [-0.25, -0.2) is 0 Å². The van der Waals surface area contributed by atoms with Crippen LogP contribution in [0.15, 0.2) is 24.3 Å². The molecule has 24 heavy (non-hydrogen) atoms. The van der Waals surface area contributed by atoms with Crippen LogP contribution in [-0.2, 0) is 19.6 Å². The third kappa shape index (κ3) is 3.43. The second kappa shape index (κ2) is 7.68. The average Bonchev–Trinajstić information content (AvgIpc) is 2.62. The maximum Gasteiger partial charge on any atom is 0.167 e. The molecule has 0 spiro atoms. The zero-order valence-corrected chi connectivity index (χ0v) is 13.7. The molecule has 2 rings (SSSR count). The van der Waals surface area contributed by atoms with E-state index in [2.05, 4.69) is 6.07 Å². The maximum absolute atomic E-state index is 10.4. The van der Waals surface area contributed by atoms with Crippen LogP contribution in [0.25, 0.3) is 0 Å². The number of nitrogens with zero attached hydrogens (tertiary/aromatic N) is 1. The van der Waals surface area contributed by atoms with E-state index in [1.807, 2.05) is 6.07 Å². The van der Waals surface area contributed by atoms with Gasteiger partial charge in [-0.1, -0.05) is 6.07 Å². The first kappa shape index (κ1) is 17.6. The van der Waals surface area contributed by atoms with Crippen molar-refractivity contribution in [1.82, 2.24) is 0 Å². The predicted molar refractivity (Wildman–Crippen MR) is 89.0 cm³/mol. The van der Waals surface area contributed by atoms with Crippen LogP contribution >= 0.6 is 0 Å². The summed E-state index contributed by atoms with van der Waals surface area (Å²) in [5.74, 6) is 0.764. The minimum atomic E-state index is -0.328. The Kier molecular flexibility index (Phi) is 5.64. The van der Waals surface area contributed by atoms with Crippen LogP contribution in [0.1, 0.15) is 27.8 Å². The molecule has 0 atom stereocenters. The first-order valence-corrected chi connectivity index (χ1v) is 7.37. The van der Waals surface area contributed by atoms with E-state index in [0.717, 1.165) is 11.1 Å². The number of ether oxygens (including phenoxy) is 2. The van der Waals surface area contributed by atoms with Gasteiger partial charge in [0.25, 0.3) is 0 Å². The second-order valence-corrected chi connectivity index (χ2v) is 5.29. The minimum absolute atomic E-state index is 0.0493. The second-order valence-electron chi connectivity index (χ2n) is 5.29. The summed E-state index contributed by atoms with van der Waals surface area (Å²) < 4.78 is 10.7. The molecule has 0 fully saturated rings. The fourth-order valence-corrected chi connectivity index (χ4v) is 2.65. The van der Waals surface area contributed by atoms with E-state index in [9.17, 15) is 10.2 Å². The van der Waals surface area contributed by atoms with Crippen molar-refractivity contribution < 1.29 is 19.7 Å². The van der Waals surface area contributed by atoms with Crippen LogP contribution in [0.3, 0.4) is 0 Å². The summed E-state index contributed by atoms with van der Waals surface area (Å²) in [6.07, 6.45) is 0.307. The minimum Gasteiger partial charge on any atom is -0.507 e. The van der Waals surface area contributed by atoms with Crippen molar-refractivity contribution >= 4 is 0 Å². The number of aromatic hydroxyl groups is 1. The van der Waals surface area contributed by atoms with Crippen molar-refractivity contribution in [3.63, 3.8) is 0 Å². The third-order valence-corrected chi connectivity index (χ3v) is 3.79. The Labute approximate surface area is 140 Å². The van der Waals surface area contributed by atoms with Crippen molar-refractivity contribution in [1.29, 1.82) is 5.26 Å². The molecule has 0 aliphatic rings. The summed E-state index contributed by atoms with van der Waals surface area (Å²) in [5, 5.41) is 29.0. The highest BCUT2D eigenvalue weighted by Crippen LogP contribution is 2.41. The molecule has 0 heterocycles. The molecule has 0 saturated carbocycles. The van der Waals surface area contributed by atoms with Gasteiger partial charge in [0.1, 0.15) is 5.75 Å². The van der Waals surface area contributed by atoms with Crippen molar-refractivity contribution in [2.75, 3.05) is 14.2 Å². The first-order chi connectivity index (χ1) is 11.6. The Bertz CT molecular complexity index is 782. The molecule has 0 saturated heterocycles. The van der Waals surface area contributed by atoms with Crippen LogP contribution in [0.2, 0.25) is 0 Å². The van der Waals surface area contributed by atoms with Crippen LogP contribution in [0.5, 0.6) is 17.2 Å². The number of rotatable bonds is 6. The van der Waals surface area contributed by atoms with Crippen LogP contribution in [0, 0.1) is 11.3 Å². The molecule has 2 aromatic carbocycles. The number of aliphatic hydroxyl groups excluding tert-OH is 1. The average molecular weight is 328 g/mol. The monoisotopic (exact) mass is 328 g/mol. The van der Waals surface area contributed by atoms with Gasteiger partial charge in [0.05, 0.1) is 32.5 Å². The number of hydrogen-bond acceptors (Lipinski definition) is 6. The molecule has 0 aliphatic carbocycles. The molecule has 2 aromatic rings. The highest BCUT2D eigenvalue weighted by molar-refractivity contribution is 5.59. The van der Waals surface area contributed by atoms with Crippen LogP contribution < -0.4 is 15.2 Å². The van der Waals surface area contributed by atoms with E-state index < -0.39 is 0 Å². The Morgan fingerprint density at radius 3 is 2.38 bits per heavy atom. The van der Waals surface area contributed by atoms with Gasteiger partial charge in [-0.3, -0.25) is 0 Å².